The van der Waals surface area contributed by atoms with Crippen LogP contribution in [0.5, 0.6) is 11.5 Å². The van der Waals surface area contributed by atoms with E-state index in [0.29, 0.717) is 17.4 Å². The second-order valence-corrected chi connectivity index (χ2v) is 8.34. The molecule has 31 heavy (non-hydrogen) atoms. The zero-order valence-electron chi connectivity index (χ0n) is 18.6. The first-order chi connectivity index (χ1) is 15.0. The molecule has 2 heterocycles. The number of carbonyl (C=O) groups excluding carboxylic acids is 1. The van der Waals surface area contributed by atoms with Crippen LogP contribution in [0.25, 0.3) is 0 Å². The molecule has 1 amide bonds. The van der Waals surface area contributed by atoms with E-state index in [9.17, 15) is 9.90 Å². The number of hydrogen-bond donors (Lipinski definition) is 1. The van der Waals surface area contributed by atoms with Crippen LogP contribution >= 0.6 is 0 Å². The second kappa shape index (κ2) is 11.0. The summed E-state index contributed by atoms with van der Waals surface area (Å²) in [5.74, 6) is 1.31. The normalized spacial score (nSPS) is 24.6. The van der Waals surface area contributed by atoms with Gasteiger partial charge in [-0.05, 0) is 42.2 Å². The van der Waals surface area contributed by atoms with Gasteiger partial charge in [-0.1, -0.05) is 38.5 Å². The van der Waals surface area contributed by atoms with E-state index < -0.39 is 6.10 Å². The Morgan fingerprint density at radius 1 is 1.19 bits per heavy atom. The number of amides is 1. The number of hydrogen-bond acceptors (Lipinski definition) is 5. The Kier molecular flexibility index (Phi) is 8.18. The fraction of sp³-hybridized carbons (Fsp3) is 0.480. The highest BCUT2D eigenvalue weighted by Crippen LogP contribution is 2.39. The second-order valence-electron chi connectivity index (χ2n) is 8.34. The van der Waals surface area contributed by atoms with Gasteiger partial charge in [0.2, 0.25) is 12.7 Å². The first kappa shape index (κ1) is 22.9. The van der Waals surface area contributed by atoms with Gasteiger partial charge in [0, 0.05) is 31.8 Å². The van der Waals surface area contributed by atoms with Gasteiger partial charge in [-0.25, -0.2) is 0 Å². The predicted octanol–water partition coefficient (Wildman–Crippen LogP) is 4.37. The first-order valence-electron chi connectivity index (χ1n) is 11.0. The van der Waals surface area contributed by atoms with Crippen molar-refractivity contribution < 1.29 is 24.1 Å². The number of benzene rings is 1. The average molecular weight is 428 g/mol. The third-order valence-corrected chi connectivity index (χ3v) is 5.83. The molecule has 2 aliphatic heterocycles. The smallest absolute Gasteiger partial charge is 0.231 e. The van der Waals surface area contributed by atoms with E-state index in [-0.39, 0.29) is 31.0 Å². The fourth-order valence-electron chi connectivity index (χ4n) is 4.19. The van der Waals surface area contributed by atoms with Crippen molar-refractivity contribution in [1.82, 2.24) is 4.90 Å². The molecule has 6 nitrogen and oxygen atoms in total. The number of aliphatic hydroxyl groups is 1. The Hall–Kier alpha value is -2.73. The molecule has 1 aromatic rings. The summed E-state index contributed by atoms with van der Waals surface area (Å²) in [7, 11) is 1.86. The van der Waals surface area contributed by atoms with Gasteiger partial charge in [-0.3, -0.25) is 4.79 Å². The maximum atomic E-state index is 13.2. The molecule has 0 saturated carbocycles. The number of rotatable bonds is 8. The Labute approximate surface area is 184 Å². The zero-order chi connectivity index (χ0) is 22.2. The van der Waals surface area contributed by atoms with Crippen molar-refractivity contribution in [3.8, 4) is 11.5 Å². The van der Waals surface area contributed by atoms with Crippen molar-refractivity contribution in [3.05, 3.63) is 60.6 Å². The standard InChI is InChI=1S/C25H33NO5/c1-4-7-18(2)16-26(3)25(28)15-21(19-9-10-23-24(14-19)31-17-30-23)20-8-5-6-12-29-13-11-22(20)27/h5-6,8-14,18,20-22,27H,4,7,15-17H2,1-3H3/b8-5+,12-6-,13-11+. The van der Waals surface area contributed by atoms with E-state index >= 15 is 0 Å². The van der Waals surface area contributed by atoms with Crippen molar-refractivity contribution in [2.24, 2.45) is 11.8 Å². The van der Waals surface area contributed by atoms with Crippen molar-refractivity contribution in [1.29, 1.82) is 0 Å². The molecule has 6 heteroatoms. The summed E-state index contributed by atoms with van der Waals surface area (Å²) in [6, 6.07) is 5.74. The maximum absolute atomic E-state index is 13.2. The van der Waals surface area contributed by atoms with Crippen LogP contribution in [0, 0.1) is 11.8 Å². The summed E-state index contributed by atoms with van der Waals surface area (Å²) in [5, 5.41) is 10.9. The molecule has 3 rings (SSSR count). The number of aliphatic hydroxyl groups excluding tert-OH is 1. The predicted molar refractivity (Wildman–Crippen MR) is 120 cm³/mol. The van der Waals surface area contributed by atoms with Gasteiger partial charge in [0.25, 0.3) is 0 Å². The van der Waals surface area contributed by atoms with Crippen LogP contribution in [0.2, 0.25) is 0 Å². The molecule has 0 bridgehead atoms. The van der Waals surface area contributed by atoms with Gasteiger partial charge in [-0.2, -0.15) is 0 Å². The Balaban J connectivity index is 1.87. The molecule has 168 valence electrons. The number of allylic oxidation sites excluding steroid dienone is 2. The van der Waals surface area contributed by atoms with Crippen LogP contribution in [0.3, 0.4) is 0 Å². The lowest BCUT2D eigenvalue weighted by molar-refractivity contribution is -0.131. The molecule has 0 fully saturated rings. The van der Waals surface area contributed by atoms with Crippen molar-refractivity contribution >= 4 is 5.91 Å². The van der Waals surface area contributed by atoms with E-state index in [4.69, 9.17) is 14.2 Å². The minimum atomic E-state index is -0.802. The van der Waals surface area contributed by atoms with E-state index in [2.05, 4.69) is 13.8 Å². The van der Waals surface area contributed by atoms with Crippen LogP contribution in [-0.2, 0) is 9.53 Å². The molecular weight excluding hydrogens is 394 g/mol. The largest absolute Gasteiger partial charge is 0.473 e. The zero-order valence-corrected chi connectivity index (χ0v) is 18.6. The van der Waals surface area contributed by atoms with E-state index in [1.54, 1.807) is 18.4 Å². The lowest BCUT2D eigenvalue weighted by Gasteiger charge is -2.30. The molecule has 1 N–H and O–H groups in total. The first-order valence-corrected chi connectivity index (χ1v) is 11.0. The van der Waals surface area contributed by atoms with E-state index in [1.165, 1.54) is 6.26 Å². The van der Waals surface area contributed by atoms with E-state index in [1.807, 2.05) is 42.3 Å². The fourth-order valence-corrected chi connectivity index (χ4v) is 4.19. The van der Waals surface area contributed by atoms with Crippen LogP contribution < -0.4 is 9.47 Å². The summed E-state index contributed by atoms with van der Waals surface area (Å²) in [6.45, 7) is 5.24. The van der Waals surface area contributed by atoms with Gasteiger partial charge in [0.05, 0.1) is 18.6 Å². The van der Waals surface area contributed by atoms with Gasteiger partial charge < -0.3 is 24.2 Å². The molecule has 4 unspecified atom stereocenters. The minimum Gasteiger partial charge on any atom is -0.473 e. The van der Waals surface area contributed by atoms with Gasteiger partial charge in [0.15, 0.2) is 11.5 Å². The monoisotopic (exact) mass is 427 g/mol. The van der Waals surface area contributed by atoms with Gasteiger partial charge >= 0.3 is 0 Å². The SMILES string of the molecule is CCCC(C)CN(C)C(=O)CC(c1ccc2c(c1)OCO2)C1/C=C/C=C\O/C=C/C1O. The summed E-state index contributed by atoms with van der Waals surface area (Å²) >= 11 is 0. The van der Waals surface area contributed by atoms with Crippen LogP contribution in [0.1, 0.15) is 44.6 Å². The van der Waals surface area contributed by atoms with Crippen molar-refractivity contribution in [2.75, 3.05) is 20.4 Å². The topological polar surface area (TPSA) is 68.2 Å². The molecule has 1 aromatic carbocycles. The summed E-state index contributed by atoms with van der Waals surface area (Å²) in [6.07, 6.45) is 11.8. The molecule has 0 spiro atoms. The molecular formula is C25H33NO5. The van der Waals surface area contributed by atoms with Crippen LogP contribution in [0.4, 0.5) is 0 Å². The summed E-state index contributed by atoms with van der Waals surface area (Å²) < 4.78 is 16.2. The van der Waals surface area contributed by atoms with E-state index in [0.717, 1.165) is 24.9 Å². The Morgan fingerprint density at radius 2 is 2.00 bits per heavy atom. The quantitative estimate of drug-likeness (QED) is 0.667. The number of fused-ring (bicyclic) bond motifs is 1. The Morgan fingerprint density at radius 3 is 2.81 bits per heavy atom. The minimum absolute atomic E-state index is 0.0573. The molecule has 0 radical (unpaired) electrons. The molecule has 4 atom stereocenters. The number of nitrogens with zero attached hydrogens (tertiary/aromatic N) is 1. The van der Waals surface area contributed by atoms with Crippen LogP contribution in [0.15, 0.2) is 55.0 Å². The lowest BCUT2D eigenvalue weighted by atomic mass is 9.79. The molecule has 2 aliphatic rings. The van der Waals surface area contributed by atoms with Crippen LogP contribution in [-0.4, -0.2) is 42.4 Å². The maximum Gasteiger partial charge on any atom is 0.231 e. The average Bonchev–Trinajstić information content (AvgIpc) is 3.24. The lowest BCUT2D eigenvalue weighted by Crippen LogP contribution is -2.34. The molecule has 0 aromatic heterocycles. The highest BCUT2D eigenvalue weighted by atomic mass is 16.7. The highest BCUT2D eigenvalue weighted by Gasteiger charge is 2.31. The highest BCUT2D eigenvalue weighted by molar-refractivity contribution is 5.77. The molecule has 0 aliphatic carbocycles. The molecule has 0 saturated heterocycles. The van der Waals surface area contributed by atoms with Gasteiger partial charge in [0.1, 0.15) is 0 Å². The number of carbonyl (C=O) groups is 1. The third kappa shape index (κ3) is 6.14. The summed E-state index contributed by atoms with van der Waals surface area (Å²) in [5.41, 5.74) is 0.929. The Bertz CT molecular complexity index is 831. The van der Waals surface area contributed by atoms with Gasteiger partial charge in [-0.15, -0.1) is 0 Å². The van der Waals surface area contributed by atoms with Crippen molar-refractivity contribution in [2.45, 2.75) is 45.1 Å². The third-order valence-electron chi connectivity index (χ3n) is 5.83. The summed E-state index contributed by atoms with van der Waals surface area (Å²) in [4.78, 5) is 15.0. The van der Waals surface area contributed by atoms with Crippen molar-refractivity contribution in [3.63, 3.8) is 0 Å². The number of ether oxygens (including phenoxy) is 3.